The lowest BCUT2D eigenvalue weighted by atomic mass is 9.88. The molecule has 0 bridgehead atoms. The van der Waals surface area contributed by atoms with Gasteiger partial charge in [0.1, 0.15) is 22.7 Å². The molecular formula is C33H34O2. The van der Waals surface area contributed by atoms with Crippen molar-refractivity contribution >= 4 is 0 Å². The van der Waals surface area contributed by atoms with Gasteiger partial charge in [0.25, 0.3) is 0 Å². The zero-order valence-electron chi connectivity index (χ0n) is 21.6. The standard InChI is InChI=1S/C33H34O2/c1-32(2,3)34-25-15-11-22(12-16-25)28-19-20-29-27-10-8-7-9-24(27)21-30(29)31(28)23-13-17-26(18-14-23)35-33(4,5)6/h7-20H,21H2,1-6H3. The van der Waals surface area contributed by atoms with Crippen LogP contribution in [0.5, 0.6) is 11.5 Å². The molecule has 4 aromatic carbocycles. The van der Waals surface area contributed by atoms with E-state index in [0.717, 1.165) is 17.9 Å². The minimum absolute atomic E-state index is 0.219. The van der Waals surface area contributed by atoms with Gasteiger partial charge >= 0.3 is 0 Å². The molecule has 1 aliphatic rings. The Kier molecular flexibility index (Phi) is 5.71. The van der Waals surface area contributed by atoms with Crippen LogP contribution in [0.1, 0.15) is 52.7 Å². The summed E-state index contributed by atoms with van der Waals surface area (Å²) in [5.74, 6) is 1.78. The van der Waals surface area contributed by atoms with Gasteiger partial charge in [-0.15, -0.1) is 0 Å². The van der Waals surface area contributed by atoms with Crippen LogP contribution in [0.4, 0.5) is 0 Å². The lowest BCUT2D eigenvalue weighted by Crippen LogP contribution is -2.22. The van der Waals surface area contributed by atoms with Crippen molar-refractivity contribution in [3.05, 3.63) is 96.1 Å². The Hall–Kier alpha value is -3.52. The number of fused-ring (bicyclic) bond motifs is 3. The average molecular weight is 463 g/mol. The van der Waals surface area contributed by atoms with Crippen LogP contribution < -0.4 is 9.47 Å². The summed E-state index contributed by atoms with van der Waals surface area (Å²) in [6.45, 7) is 12.5. The van der Waals surface area contributed by atoms with Gasteiger partial charge in [0, 0.05) is 0 Å². The maximum absolute atomic E-state index is 6.09. The maximum atomic E-state index is 6.09. The molecule has 35 heavy (non-hydrogen) atoms. The molecule has 0 aliphatic heterocycles. The first kappa shape index (κ1) is 23.2. The molecule has 0 fully saturated rings. The van der Waals surface area contributed by atoms with E-state index in [-0.39, 0.29) is 11.2 Å². The highest BCUT2D eigenvalue weighted by atomic mass is 16.5. The minimum Gasteiger partial charge on any atom is -0.488 e. The van der Waals surface area contributed by atoms with Gasteiger partial charge in [-0.1, -0.05) is 60.7 Å². The molecule has 0 aromatic heterocycles. The monoisotopic (exact) mass is 462 g/mol. The topological polar surface area (TPSA) is 18.5 Å². The second-order valence-corrected chi connectivity index (χ2v) is 11.3. The Morgan fingerprint density at radius 3 is 1.60 bits per heavy atom. The van der Waals surface area contributed by atoms with Crippen LogP contribution in [-0.4, -0.2) is 11.2 Å². The third kappa shape index (κ3) is 4.98. The second-order valence-electron chi connectivity index (χ2n) is 11.3. The van der Waals surface area contributed by atoms with E-state index in [1.54, 1.807) is 0 Å². The Morgan fingerprint density at radius 1 is 0.514 bits per heavy atom. The number of ether oxygens (including phenoxy) is 2. The van der Waals surface area contributed by atoms with Crippen molar-refractivity contribution in [1.29, 1.82) is 0 Å². The molecule has 178 valence electrons. The summed E-state index contributed by atoms with van der Waals surface area (Å²) in [6.07, 6.45) is 0.945. The van der Waals surface area contributed by atoms with Crippen LogP contribution in [-0.2, 0) is 6.42 Å². The minimum atomic E-state index is -0.223. The fourth-order valence-corrected chi connectivity index (χ4v) is 4.88. The van der Waals surface area contributed by atoms with E-state index in [0.29, 0.717) is 0 Å². The third-order valence-corrected chi connectivity index (χ3v) is 6.14. The van der Waals surface area contributed by atoms with Crippen LogP contribution in [0.2, 0.25) is 0 Å². The molecule has 0 spiro atoms. The fourth-order valence-electron chi connectivity index (χ4n) is 4.88. The zero-order chi connectivity index (χ0) is 24.8. The van der Waals surface area contributed by atoms with E-state index in [2.05, 4.69) is 126 Å². The zero-order valence-corrected chi connectivity index (χ0v) is 21.6. The Morgan fingerprint density at radius 2 is 1.03 bits per heavy atom. The van der Waals surface area contributed by atoms with Crippen LogP contribution >= 0.6 is 0 Å². The predicted molar refractivity (Wildman–Crippen MR) is 146 cm³/mol. The van der Waals surface area contributed by atoms with E-state index in [9.17, 15) is 0 Å². The molecular weight excluding hydrogens is 428 g/mol. The normalized spacial score (nSPS) is 12.7. The molecule has 0 saturated heterocycles. The van der Waals surface area contributed by atoms with Gasteiger partial charge in [-0.25, -0.2) is 0 Å². The molecule has 0 atom stereocenters. The molecule has 0 saturated carbocycles. The van der Waals surface area contributed by atoms with Crippen molar-refractivity contribution in [3.63, 3.8) is 0 Å². The van der Waals surface area contributed by atoms with Gasteiger partial charge in [-0.3, -0.25) is 0 Å². The summed E-state index contributed by atoms with van der Waals surface area (Å²) in [7, 11) is 0. The smallest absolute Gasteiger partial charge is 0.120 e. The summed E-state index contributed by atoms with van der Waals surface area (Å²) in [4.78, 5) is 0. The number of hydrogen-bond acceptors (Lipinski definition) is 2. The van der Waals surface area contributed by atoms with Gasteiger partial charge in [0.2, 0.25) is 0 Å². The second kappa shape index (κ2) is 8.61. The molecule has 1 aliphatic carbocycles. The first-order valence-corrected chi connectivity index (χ1v) is 12.4. The Bertz CT molecular complexity index is 1350. The van der Waals surface area contributed by atoms with E-state index in [4.69, 9.17) is 9.47 Å². The molecule has 0 amide bonds. The summed E-state index contributed by atoms with van der Waals surface area (Å²) in [6, 6.07) is 30.4. The summed E-state index contributed by atoms with van der Waals surface area (Å²) < 4.78 is 12.2. The van der Waals surface area contributed by atoms with Gasteiger partial charge in [-0.2, -0.15) is 0 Å². The molecule has 0 heterocycles. The van der Waals surface area contributed by atoms with Crippen molar-refractivity contribution < 1.29 is 9.47 Å². The van der Waals surface area contributed by atoms with Crippen LogP contribution in [0.15, 0.2) is 84.9 Å². The van der Waals surface area contributed by atoms with Gasteiger partial charge in [-0.05, 0) is 117 Å². The number of rotatable bonds is 4. The molecule has 2 nitrogen and oxygen atoms in total. The Balaban J connectivity index is 1.61. The van der Waals surface area contributed by atoms with Crippen LogP contribution in [0, 0.1) is 0 Å². The quantitative estimate of drug-likeness (QED) is 0.265. The predicted octanol–water partition coefficient (Wildman–Crippen LogP) is 8.95. The first-order valence-electron chi connectivity index (χ1n) is 12.4. The van der Waals surface area contributed by atoms with Crippen molar-refractivity contribution in [1.82, 2.24) is 0 Å². The molecule has 0 unspecified atom stereocenters. The summed E-state index contributed by atoms with van der Waals surface area (Å²) in [5, 5.41) is 0. The first-order chi connectivity index (χ1) is 16.6. The van der Waals surface area contributed by atoms with Crippen LogP contribution in [0.3, 0.4) is 0 Å². The molecule has 2 heteroatoms. The highest BCUT2D eigenvalue weighted by molar-refractivity contribution is 5.93. The van der Waals surface area contributed by atoms with E-state index < -0.39 is 0 Å². The van der Waals surface area contributed by atoms with Gasteiger partial charge in [0.05, 0.1) is 0 Å². The molecule has 5 rings (SSSR count). The lowest BCUT2D eigenvalue weighted by Gasteiger charge is -2.22. The van der Waals surface area contributed by atoms with Crippen molar-refractivity contribution in [3.8, 4) is 44.9 Å². The average Bonchev–Trinajstić information content (AvgIpc) is 3.16. The SMILES string of the molecule is CC(C)(C)Oc1ccc(-c2ccc3c(c2-c2ccc(OC(C)(C)C)cc2)Cc2ccccc2-3)cc1. The number of hydrogen-bond donors (Lipinski definition) is 0. The molecule has 4 aromatic rings. The van der Waals surface area contributed by atoms with E-state index >= 15 is 0 Å². The van der Waals surface area contributed by atoms with E-state index in [1.807, 2.05) is 0 Å². The highest BCUT2D eigenvalue weighted by Crippen LogP contribution is 2.46. The van der Waals surface area contributed by atoms with Gasteiger partial charge in [0.15, 0.2) is 0 Å². The Labute approximate surface area is 209 Å². The fraction of sp³-hybridized carbons (Fsp3) is 0.273. The lowest BCUT2D eigenvalue weighted by molar-refractivity contribution is 0.130. The summed E-state index contributed by atoms with van der Waals surface area (Å²) in [5.41, 5.74) is 9.96. The van der Waals surface area contributed by atoms with Crippen molar-refractivity contribution in [2.75, 3.05) is 0 Å². The van der Waals surface area contributed by atoms with Crippen LogP contribution in [0.25, 0.3) is 33.4 Å². The van der Waals surface area contributed by atoms with Crippen molar-refractivity contribution in [2.24, 2.45) is 0 Å². The number of benzene rings is 4. The molecule has 0 radical (unpaired) electrons. The maximum Gasteiger partial charge on any atom is 0.120 e. The highest BCUT2D eigenvalue weighted by Gasteiger charge is 2.24. The van der Waals surface area contributed by atoms with Crippen molar-refractivity contribution in [2.45, 2.75) is 59.2 Å². The largest absolute Gasteiger partial charge is 0.488 e. The van der Waals surface area contributed by atoms with E-state index in [1.165, 1.54) is 44.5 Å². The van der Waals surface area contributed by atoms with Gasteiger partial charge < -0.3 is 9.47 Å². The summed E-state index contributed by atoms with van der Waals surface area (Å²) >= 11 is 0. The molecule has 0 N–H and O–H groups in total. The third-order valence-electron chi connectivity index (χ3n) is 6.14.